The highest BCUT2D eigenvalue weighted by Gasteiger charge is 2.26. The van der Waals surface area contributed by atoms with Crippen LogP contribution in [0.5, 0.6) is 0 Å². The molecule has 0 bridgehead atoms. The van der Waals surface area contributed by atoms with Crippen LogP contribution in [0, 0.1) is 21.4 Å². The number of carboxylic acids is 2. The van der Waals surface area contributed by atoms with E-state index in [1.54, 1.807) is 0 Å². The molecule has 0 fully saturated rings. The Kier molecular flexibility index (Phi) is 23.7. The summed E-state index contributed by atoms with van der Waals surface area (Å²) in [5, 5.41) is 30.5. The first-order valence-corrected chi connectivity index (χ1v) is 22.2. The maximum absolute atomic E-state index is 12.7. The Morgan fingerprint density at radius 3 is 1.06 bits per heavy atom. The normalized spacial score (nSPS) is 10.9. The highest BCUT2D eigenvalue weighted by atomic mass is 127. The van der Waals surface area contributed by atoms with E-state index in [0.29, 0.717) is 57.1 Å². The number of hydrogen-bond donors (Lipinski definition) is 6. The van der Waals surface area contributed by atoms with Gasteiger partial charge in [0.1, 0.15) is 0 Å². The van der Waals surface area contributed by atoms with Gasteiger partial charge >= 0.3 is 11.9 Å². The lowest BCUT2D eigenvalue weighted by Gasteiger charge is -2.18. The van der Waals surface area contributed by atoms with Crippen LogP contribution in [0.1, 0.15) is 58.5 Å². The van der Waals surface area contributed by atoms with Crippen LogP contribution in [0.3, 0.4) is 0 Å². The Balaban J connectivity index is 1.64. The third kappa shape index (κ3) is 16.0. The number of carbonyl (C=O) groups is 6. The summed E-state index contributed by atoms with van der Waals surface area (Å²) in [7, 11) is 0. The van der Waals surface area contributed by atoms with Gasteiger partial charge in [0.2, 0.25) is 23.6 Å². The predicted octanol–water partition coefficient (Wildman–Crippen LogP) is 5.41. The van der Waals surface area contributed by atoms with Gasteiger partial charge in [-0.1, -0.05) is 0 Å². The lowest BCUT2D eigenvalue weighted by molar-refractivity contribution is -0.120. The highest BCUT2D eigenvalue weighted by molar-refractivity contribution is 14.1. The fourth-order valence-corrected chi connectivity index (χ4v) is 12.8. The molecule has 0 aliphatic heterocycles. The van der Waals surface area contributed by atoms with Crippen molar-refractivity contribution in [1.29, 1.82) is 0 Å². The molecule has 298 valence electrons. The zero-order valence-corrected chi connectivity index (χ0v) is 41.7. The van der Waals surface area contributed by atoms with Gasteiger partial charge in [-0.3, -0.25) is 19.2 Å². The number of anilines is 2. The minimum absolute atomic E-state index is 0.0309. The molecule has 0 aliphatic rings. The van der Waals surface area contributed by atoms with E-state index in [4.69, 9.17) is 18.9 Å². The summed E-state index contributed by atoms with van der Waals surface area (Å²) in [6, 6.07) is 0. The Labute approximate surface area is 393 Å². The molecule has 2 aromatic rings. The summed E-state index contributed by atoms with van der Waals surface area (Å²) < 4.78 is 25.0. The van der Waals surface area contributed by atoms with Crippen molar-refractivity contribution in [2.45, 2.75) is 39.8 Å². The molecule has 0 aliphatic carbocycles. The Hall–Kier alpha value is -0.520. The van der Waals surface area contributed by atoms with Gasteiger partial charge in [0.05, 0.1) is 95.3 Å². The van der Waals surface area contributed by atoms with Gasteiger partial charge in [0.15, 0.2) is 0 Å². The number of nitrogens with one attached hydrogen (secondary N) is 4. The van der Waals surface area contributed by atoms with E-state index in [0.717, 1.165) is 0 Å². The topological polar surface area (TPSA) is 228 Å². The molecule has 0 aromatic heterocycles. The maximum atomic E-state index is 12.7. The molecular weight excluding hydrogens is 1390 g/mol. The number of benzene rings is 2. The standard InChI is InChI=1S/C32H36I6N4O12/c1-15(43)39-13-17-23(33)21(31(47)48)27(37)29(25(17)35)41-19(45)3-5-51-7-9-53-11-12-54-10-8-52-6-4-20(46)42-30-26(36)18(14-40-16(2)44)24(34)22(28(30)38)32(49)50/h3-14H2,1-2H3,(H,39,43)(H,40,44)(H,41,45)(H,42,46)(H,47,48)(H,49,50). The number of aromatic carboxylic acids is 2. The van der Waals surface area contributed by atoms with Crippen molar-refractivity contribution in [3.63, 3.8) is 0 Å². The van der Waals surface area contributed by atoms with Gasteiger partial charge in [-0.15, -0.1) is 0 Å². The molecule has 2 rings (SSSR count). The quantitative estimate of drug-likeness (QED) is 0.0607. The van der Waals surface area contributed by atoms with Gasteiger partial charge < -0.3 is 50.4 Å². The van der Waals surface area contributed by atoms with Crippen LogP contribution in [0.25, 0.3) is 0 Å². The van der Waals surface area contributed by atoms with Crippen molar-refractivity contribution in [2.24, 2.45) is 0 Å². The summed E-state index contributed by atoms with van der Waals surface area (Å²) in [4.78, 5) is 72.1. The van der Waals surface area contributed by atoms with Crippen molar-refractivity contribution in [3.8, 4) is 0 Å². The Morgan fingerprint density at radius 1 is 0.481 bits per heavy atom. The molecule has 0 spiro atoms. The summed E-state index contributed by atoms with van der Waals surface area (Å²) in [5.74, 6) is -3.52. The summed E-state index contributed by atoms with van der Waals surface area (Å²) in [6.45, 7) is 4.86. The van der Waals surface area contributed by atoms with Crippen LogP contribution in [0.15, 0.2) is 0 Å². The van der Waals surface area contributed by atoms with Crippen LogP contribution in [-0.4, -0.2) is 98.6 Å². The number of halogens is 6. The highest BCUT2D eigenvalue weighted by Crippen LogP contribution is 2.37. The van der Waals surface area contributed by atoms with Crippen LogP contribution < -0.4 is 21.3 Å². The minimum Gasteiger partial charge on any atom is -0.478 e. The van der Waals surface area contributed by atoms with Crippen LogP contribution in [0.2, 0.25) is 0 Å². The number of hydrogen-bond acceptors (Lipinski definition) is 10. The van der Waals surface area contributed by atoms with Gasteiger partial charge in [-0.05, 0) is 136 Å². The molecular formula is C32H36I6N4O12. The van der Waals surface area contributed by atoms with Gasteiger partial charge in [0.25, 0.3) is 0 Å². The maximum Gasteiger partial charge on any atom is 0.337 e. The van der Waals surface area contributed by atoms with Crippen molar-refractivity contribution < 1.29 is 57.9 Å². The van der Waals surface area contributed by atoms with Crippen LogP contribution in [0.4, 0.5) is 11.4 Å². The molecule has 0 saturated carbocycles. The van der Waals surface area contributed by atoms with Gasteiger partial charge in [-0.2, -0.15) is 0 Å². The van der Waals surface area contributed by atoms with Crippen molar-refractivity contribution >= 4 is 182 Å². The number of rotatable bonds is 23. The minimum atomic E-state index is -1.14. The first-order valence-electron chi connectivity index (χ1n) is 15.7. The van der Waals surface area contributed by atoms with Crippen molar-refractivity contribution in [3.05, 3.63) is 43.7 Å². The van der Waals surface area contributed by atoms with Crippen molar-refractivity contribution in [1.82, 2.24) is 10.6 Å². The molecule has 54 heavy (non-hydrogen) atoms. The Morgan fingerprint density at radius 2 is 0.778 bits per heavy atom. The van der Waals surface area contributed by atoms with Crippen LogP contribution in [-0.2, 0) is 51.2 Å². The lowest BCUT2D eigenvalue weighted by Crippen LogP contribution is -2.24. The molecule has 0 saturated heterocycles. The zero-order valence-electron chi connectivity index (χ0n) is 28.7. The van der Waals surface area contributed by atoms with Crippen molar-refractivity contribution in [2.75, 3.05) is 63.5 Å². The number of amides is 4. The van der Waals surface area contributed by atoms with E-state index in [-0.39, 0.29) is 100 Å². The van der Waals surface area contributed by atoms with E-state index >= 15 is 0 Å². The SMILES string of the molecule is CC(=O)NCc1c(I)c(NC(=O)CCOCCOCCOCCOCCC(=O)Nc2c(I)c(CNC(C)=O)c(I)c(C(=O)O)c2I)c(I)c(C(=O)O)c1I. The third-order valence-electron chi connectivity index (χ3n) is 6.86. The third-order valence-corrected chi connectivity index (χ3v) is 13.8. The molecule has 16 nitrogen and oxygen atoms in total. The Bertz CT molecular complexity index is 1610. The second-order valence-corrected chi connectivity index (χ2v) is 17.3. The number of carboxylic acid groups (broad SMARTS) is 2. The number of carbonyl (C=O) groups excluding carboxylic acids is 4. The van der Waals surface area contributed by atoms with E-state index in [1.807, 2.05) is 136 Å². The van der Waals surface area contributed by atoms with E-state index in [9.17, 15) is 39.0 Å². The molecule has 0 radical (unpaired) electrons. The van der Waals surface area contributed by atoms with Gasteiger partial charge in [-0.25, -0.2) is 9.59 Å². The molecule has 4 amide bonds. The smallest absolute Gasteiger partial charge is 0.337 e. The first-order chi connectivity index (χ1) is 25.5. The summed E-state index contributed by atoms with van der Waals surface area (Å²) in [5.41, 5.74) is 2.05. The van der Waals surface area contributed by atoms with E-state index in [2.05, 4.69) is 21.3 Å². The summed E-state index contributed by atoms with van der Waals surface area (Å²) >= 11 is 11.7. The molecule has 2 aromatic carbocycles. The molecule has 0 atom stereocenters. The molecule has 22 heteroatoms. The molecule has 6 N–H and O–H groups in total. The monoisotopic (exact) mass is 1430 g/mol. The summed E-state index contributed by atoms with van der Waals surface area (Å²) in [6.07, 6.45) is 0.0618. The molecule has 0 heterocycles. The second kappa shape index (κ2) is 25.8. The average molecular weight is 1430 g/mol. The predicted molar refractivity (Wildman–Crippen MR) is 248 cm³/mol. The average Bonchev–Trinajstić information content (AvgIpc) is 3.08. The molecule has 0 unspecified atom stereocenters. The van der Waals surface area contributed by atoms with Crippen LogP contribution >= 0.6 is 136 Å². The number of ether oxygens (including phenoxy) is 4. The zero-order chi connectivity index (χ0) is 40.5. The second-order valence-electron chi connectivity index (χ2n) is 10.8. The van der Waals surface area contributed by atoms with E-state index in [1.165, 1.54) is 13.8 Å². The fraction of sp³-hybridized carbons (Fsp3) is 0.438. The fourth-order valence-electron chi connectivity index (χ4n) is 4.26. The van der Waals surface area contributed by atoms with Gasteiger partial charge in [0, 0.05) is 52.3 Å². The van der Waals surface area contributed by atoms with E-state index < -0.39 is 11.9 Å². The lowest BCUT2D eigenvalue weighted by atomic mass is 10.1. The largest absolute Gasteiger partial charge is 0.478 e. The first kappa shape index (κ1) is 49.6.